The first-order chi connectivity index (χ1) is 9.94. The SMILES string of the molecule is Cc1nc(Oc2cc(F)cc(F)c2)ncc1CNC(C)C. The van der Waals surface area contributed by atoms with E-state index in [1.54, 1.807) is 6.20 Å². The fourth-order valence-electron chi connectivity index (χ4n) is 1.70. The van der Waals surface area contributed by atoms with Crippen molar-refractivity contribution in [3.63, 3.8) is 0 Å². The molecule has 1 aromatic carbocycles. The van der Waals surface area contributed by atoms with E-state index in [4.69, 9.17) is 4.74 Å². The highest BCUT2D eigenvalue weighted by Crippen LogP contribution is 2.21. The number of ether oxygens (including phenoxy) is 1. The Bertz CT molecular complexity index is 612. The van der Waals surface area contributed by atoms with E-state index in [1.165, 1.54) is 0 Å². The molecule has 21 heavy (non-hydrogen) atoms. The molecule has 2 aromatic rings. The number of nitrogens with one attached hydrogen (secondary N) is 1. The van der Waals surface area contributed by atoms with Gasteiger partial charge in [0.1, 0.15) is 17.4 Å². The van der Waals surface area contributed by atoms with Crippen LogP contribution in [-0.4, -0.2) is 16.0 Å². The summed E-state index contributed by atoms with van der Waals surface area (Å²) in [5.74, 6) is -1.39. The van der Waals surface area contributed by atoms with Gasteiger partial charge >= 0.3 is 6.01 Å². The smallest absolute Gasteiger partial charge is 0.322 e. The average molecular weight is 293 g/mol. The lowest BCUT2D eigenvalue weighted by Crippen LogP contribution is -2.22. The van der Waals surface area contributed by atoms with Crippen molar-refractivity contribution < 1.29 is 13.5 Å². The summed E-state index contributed by atoms with van der Waals surface area (Å²) in [6, 6.07) is 3.35. The molecule has 0 aliphatic rings. The van der Waals surface area contributed by atoms with Crippen LogP contribution >= 0.6 is 0 Å². The van der Waals surface area contributed by atoms with Crippen LogP contribution in [0.5, 0.6) is 11.8 Å². The average Bonchev–Trinajstić information content (AvgIpc) is 2.36. The van der Waals surface area contributed by atoms with Crippen molar-refractivity contribution in [2.45, 2.75) is 33.4 Å². The summed E-state index contributed by atoms with van der Waals surface area (Å²) < 4.78 is 31.4. The van der Waals surface area contributed by atoms with Crippen LogP contribution in [-0.2, 0) is 6.54 Å². The Hall–Kier alpha value is -2.08. The molecule has 6 heteroatoms. The van der Waals surface area contributed by atoms with Gasteiger partial charge in [-0.15, -0.1) is 0 Å². The first-order valence-electron chi connectivity index (χ1n) is 6.64. The topological polar surface area (TPSA) is 47.0 Å². The molecule has 0 fully saturated rings. The van der Waals surface area contributed by atoms with Gasteiger partial charge in [-0.2, -0.15) is 4.98 Å². The van der Waals surface area contributed by atoms with Crippen molar-refractivity contribution in [1.29, 1.82) is 0 Å². The number of nitrogens with zero attached hydrogens (tertiary/aromatic N) is 2. The number of benzene rings is 1. The third kappa shape index (κ3) is 4.46. The van der Waals surface area contributed by atoms with E-state index in [0.717, 1.165) is 29.5 Å². The Morgan fingerprint density at radius 1 is 1.19 bits per heavy atom. The molecular formula is C15H17F2N3O. The van der Waals surface area contributed by atoms with Gasteiger partial charge < -0.3 is 10.1 Å². The third-order valence-electron chi connectivity index (χ3n) is 2.80. The Kier molecular flexibility index (Phi) is 4.80. The summed E-state index contributed by atoms with van der Waals surface area (Å²) in [6.45, 7) is 6.58. The Labute approximate surface area is 122 Å². The van der Waals surface area contributed by atoms with Crippen molar-refractivity contribution in [1.82, 2.24) is 15.3 Å². The maximum atomic E-state index is 13.1. The number of hydrogen-bond acceptors (Lipinski definition) is 4. The lowest BCUT2D eigenvalue weighted by Gasteiger charge is -2.11. The van der Waals surface area contributed by atoms with Gasteiger partial charge in [0, 0.05) is 48.2 Å². The molecule has 0 atom stereocenters. The Morgan fingerprint density at radius 3 is 2.43 bits per heavy atom. The lowest BCUT2D eigenvalue weighted by molar-refractivity contribution is 0.430. The van der Waals surface area contributed by atoms with Crippen molar-refractivity contribution in [3.05, 3.63) is 47.3 Å². The van der Waals surface area contributed by atoms with Crippen LogP contribution < -0.4 is 10.1 Å². The fraction of sp³-hybridized carbons (Fsp3) is 0.333. The van der Waals surface area contributed by atoms with Gasteiger partial charge in [-0.3, -0.25) is 0 Å². The summed E-state index contributed by atoms with van der Waals surface area (Å²) >= 11 is 0. The summed E-state index contributed by atoms with van der Waals surface area (Å²) in [6.07, 6.45) is 1.64. The maximum Gasteiger partial charge on any atom is 0.322 e. The van der Waals surface area contributed by atoms with Gasteiger partial charge in [0.25, 0.3) is 0 Å². The first kappa shape index (κ1) is 15.3. The van der Waals surface area contributed by atoms with Crippen LogP contribution in [0.4, 0.5) is 8.78 Å². The minimum absolute atomic E-state index is 0.0277. The molecule has 0 saturated heterocycles. The van der Waals surface area contributed by atoms with Gasteiger partial charge in [0.15, 0.2) is 0 Å². The second-order valence-electron chi connectivity index (χ2n) is 5.01. The van der Waals surface area contributed by atoms with Crippen LogP contribution in [0, 0.1) is 18.6 Å². The highest BCUT2D eigenvalue weighted by atomic mass is 19.1. The standard InChI is InChI=1S/C15H17F2N3O/c1-9(2)18-7-11-8-19-15(20-10(11)3)21-14-5-12(16)4-13(17)6-14/h4-6,8-9,18H,7H2,1-3H3. The van der Waals surface area contributed by atoms with E-state index in [2.05, 4.69) is 15.3 Å². The van der Waals surface area contributed by atoms with E-state index >= 15 is 0 Å². The van der Waals surface area contributed by atoms with Crippen molar-refractivity contribution in [3.8, 4) is 11.8 Å². The van der Waals surface area contributed by atoms with Gasteiger partial charge in [-0.05, 0) is 6.92 Å². The summed E-state index contributed by atoms with van der Waals surface area (Å²) in [4.78, 5) is 8.24. The molecule has 1 aromatic heterocycles. The van der Waals surface area contributed by atoms with E-state index in [-0.39, 0.29) is 11.8 Å². The second-order valence-corrected chi connectivity index (χ2v) is 5.01. The van der Waals surface area contributed by atoms with E-state index in [9.17, 15) is 8.78 Å². The lowest BCUT2D eigenvalue weighted by atomic mass is 10.2. The molecule has 0 aliphatic heterocycles. The summed E-state index contributed by atoms with van der Waals surface area (Å²) in [5, 5.41) is 3.27. The molecule has 0 aliphatic carbocycles. The van der Waals surface area contributed by atoms with Crippen LogP contribution in [0.3, 0.4) is 0 Å². The highest BCUT2D eigenvalue weighted by Gasteiger charge is 2.08. The van der Waals surface area contributed by atoms with Crippen LogP contribution in [0.15, 0.2) is 24.4 Å². The quantitative estimate of drug-likeness (QED) is 0.918. The van der Waals surface area contributed by atoms with Crippen LogP contribution in [0.2, 0.25) is 0 Å². The minimum Gasteiger partial charge on any atom is -0.424 e. The third-order valence-corrected chi connectivity index (χ3v) is 2.80. The molecule has 0 radical (unpaired) electrons. The van der Waals surface area contributed by atoms with Gasteiger partial charge in [-0.25, -0.2) is 13.8 Å². The molecular weight excluding hydrogens is 276 g/mol. The van der Waals surface area contributed by atoms with Gasteiger partial charge in [0.05, 0.1) is 0 Å². The van der Waals surface area contributed by atoms with Crippen LogP contribution in [0.1, 0.15) is 25.1 Å². The van der Waals surface area contributed by atoms with E-state index in [0.29, 0.717) is 12.6 Å². The zero-order chi connectivity index (χ0) is 15.4. The molecule has 4 nitrogen and oxygen atoms in total. The van der Waals surface area contributed by atoms with Gasteiger partial charge in [0.2, 0.25) is 0 Å². The summed E-state index contributed by atoms with van der Waals surface area (Å²) in [7, 11) is 0. The number of aromatic nitrogens is 2. The molecule has 1 N–H and O–H groups in total. The molecule has 0 spiro atoms. The van der Waals surface area contributed by atoms with Crippen LogP contribution in [0.25, 0.3) is 0 Å². The molecule has 0 saturated carbocycles. The summed E-state index contributed by atoms with van der Waals surface area (Å²) in [5.41, 5.74) is 1.70. The molecule has 2 rings (SSSR count). The normalized spacial score (nSPS) is 11.0. The number of rotatable bonds is 5. The monoisotopic (exact) mass is 293 g/mol. The Balaban J connectivity index is 2.12. The highest BCUT2D eigenvalue weighted by molar-refractivity contribution is 5.27. The number of hydrogen-bond donors (Lipinski definition) is 1. The molecule has 1 heterocycles. The zero-order valence-corrected chi connectivity index (χ0v) is 12.2. The molecule has 0 amide bonds. The molecule has 0 unspecified atom stereocenters. The number of halogens is 2. The number of aryl methyl sites for hydroxylation is 1. The fourth-order valence-corrected chi connectivity index (χ4v) is 1.70. The maximum absolute atomic E-state index is 13.1. The zero-order valence-electron chi connectivity index (χ0n) is 12.2. The van der Waals surface area contributed by atoms with Crippen molar-refractivity contribution in [2.24, 2.45) is 0 Å². The van der Waals surface area contributed by atoms with E-state index in [1.807, 2.05) is 20.8 Å². The predicted molar refractivity (Wildman–Crippen MR) is 75.2 cm³/mol. The molecule has 0 bridgehead atoms. The van der Waals surface area contributed by atoms with E-state index < -0.39 is 11.6 Å². The van der Waals surface area contributed by atoms with Crippen molar-refractivity contribution >= 4 is 0 Å². The second kappa shape index (κ2) is 6.58. The van der Waals surface area contributed by atoms with Gasteiger partial charge in [-0.1, -0.05) is 13.8 Å². The largest absolute Gasteiger partial charge is 0.424 e. The Morgan fingerprint density at radius 2 is 1.86 bits per heavy atom. The minimum atomic E-state index is -0.709. The molecule has 112 valence electrons. The predicted octanol–water partition coefficient (Wildman–Crippen LogP) is 3.35. The van der Waals surface area contributed by atoms with Crippen molar-refractivity contribution in [2.75, 3.05) is 0 Å². The first-order valence-corrected chi connectivity index (χ1v) is 6.64.